The highest BCUT2D eigenvalue weighted by Crippen LogP contribution is 2.69. The first-order chi connectivity index (χ1) is 55.3. The topological polar surface area (TPSA) is 11.4 Å². The zero-order valence-corrected chi connectivity index (χ0v) is 66.1. The van der Waals surface area contributed by atoms with Gasteiger partial charge < -0.3 is 14.4 Å². The minimum absolute atomic E-state index is 0.0152. The van der Waals surface area contributed by atoms with Crippen LogP contribution in [-0.4, -0.2) is 4.57 Å². The van der Waals surface area contributed by atoms with Gasteiger partial charge in [-0.1, -0.05) is 284 Å². The van der Waals surface area contributed by atoms with Gasteiger partial charge in [-0.25, -0.2) is 0 Å². The highest BCUT2D eigenvalue weighted by molar-refractivity contribution is 6.10. The van der Waals surface area contributed by atoms with E-state index in [-0.39, 0.29) is 16.2 Å². The van der Waals surface area contributed by atoms with E-state index in [4.69, 9.17) is 0 Å². The molecule has 3 nitrogen and oxygen atoms in total. The number of anilines is 6. The number of hydrogen-bond donors (Lipinski definition) is 0. The molecule has 0 aliphatic heterocycles. The Morgan fingerprint density at radius 1 is 0.274 bits per heavy atom. The van der Waals surface area contributed by atoms with Crippen LogP contribution >= 0.6 is 0 Å². The molecular formula is C110H99N3. The van der Waals surface area contributed by atoms with Gasteiger partial charge in [0.2, 0.25) is 0 Å². The van der Waals surface area contributed by atoms with E-state index in [0.717, 1.165) is 34.6 Å². The van der Waals surface area contributed by atoms with Crippen LogP contribution in [0.4, 0.5) is 34.1 Å². The molecule has 5 fully saturated rings. The Morgan fingerprint density at radius 2 is 0.673 bits per heavy atom. The minimum Gasteiger partial charge on any atom is -0.310 e. The fourth-order valence-electron chi connectivity index (χ4n) is 23.7. The normalized spacial score (nSPS) is 22.1. The quantitative estimate of drug-likeness (QED) is 0.121. The smallest absolute Gasteiger partial charge is 0.0541 e. The summed E-state index contributed by atoms with van der Waals surface area (Å²) < 4.78 is 2.46. The number of para-hydroxylation sites is 3. The molecule has 5 saturated carbocycles. The van der Waals surface area contributed by atoms with Gasteiger partial charge in [0.15, 0.2) is 0 Å². The van der Waals surface area contributed by atoms with Crippen LogP contribution < -0.4 is 9.80 Å². The summed E-state index contributed by atoms with van der Waals surface area (Å²) in [6.07, 6.45) is 11.6. The van der Waals surface area contributed by atoms with E-state index in [1.165, 1.54) is 180 Å². The molecule has 8 aliphatic carbocycles. The molecule has 1 spiro atoms. The van der Waals surface area contributed by atoms with Crippen LogP contribution in [0.5, 0.6) is 0 Å². The lowest BCUT2D eigenvalue weighted by molar-refractivity contribution is -0.0443. The summed E-state index contributed by atoms with van der Waals surface area (Å²) in [7, 11) is 0. The van der Waals surface area contributed by atoms with E-state index in [0.29, 0.717) is 35.5 Å². The molecule has 1 heterocycles. The maximum Gasteiger partial charge on any atom is 0.0541 e. The molecule has 1 aromatic heterocycles. The second-order valence-corrected chi connectivity index (χ2v) is 35.8. The summed E-state index contributed by atoms with van der Waals surface area (Å²) >= 11 is 0. The van der Waals surface area contributed by atoms with Gasteiger partial charge in [0.1, 0.15) is 0 Å². The average molecular weight is 1460 g/mol. The van der Waals surface area contributed by atoms with E-state index in [1.807, 2.05) is 0 Å². The summed E-state index contributed by atoms with van der Waals surface area (Å²) in [6, 6.07) is 128. The van der Waals surface area contributed by atoms with Gasteiger partial charge in [0, 0.05) is 66.6 Å². The molecule has 0 saturated heterocycles. The predicted molar refractivity (Wildman–Crippen MR) is 475 cm³/mol. The van der Waals surface area contributed by atoms with E-state index in [2.05, 4.69) is 390 Å². The highest BCUT2D eigenvalue weighted by Gasteiger charge is 2.62. The summed E-state index contributed by atoms with van der Waals surface area (Å²) in [5.74, 6) is 5.21. The Kier molecular flexibility index (Phi) is 16.8. The Bertz CT molecular complexity index is 6020. The van der Waals surface area contributed by atoms with Gasteiger partial charge in [-0.15, -0.1) is 0 Å². The van der Waals surface area contributed by atoms with E-state index in [1.54, 1.807) is 16.7 Å². The molecule has 0 amide bonds. The summed E-state index contributed by atoms with van der Waals surface area (Å²) in [5.41, 5.74) is 34.4. The summed E-state index contributed by atoms with van der Waals surface area (Å²) in [6.45, 7) is 15.0. The third-order valence-electron chi connectivity index (χ3n) is 28.5. The lowest BCUT2D eigenvalue weighted by Crippen LogP contribution is -2.58. The molecule has 4 atom stereocenters. The fraction of sp³-hybridized carbons (Fsp3) is 0.236. The molecular weight excluding hydrogens is 1360 g/mol. The molecule has 0 N–H and O–H groups in total. The molecule has 554 valence electrons. The zero-order valence-electron chi connectivity index (χ0n) is 66.1. The summed E-state index contributed by atoms with van der Waals surface area (Å²) in [5, 5.41) is 2.53. The van der Waals surface area contributed by atoms with Crippen LogP contribution in [0.3, 0.4) is 0 Å². The van der Waals surface area contributed by atoms with Crippen LogP contribution in [0.1, 0.15) is 156 Å². The van der Waals surface area contributed by atoms with Crippen LogP contribution in [0.15, 0.2) is 334 Å². The van der Waals surface area contributed by atoms with Crippen molar-refractivity contribution in [3.8, 4) is 61.3 Å². The summed E-state index contributed by atoms with van der Waals surface area (Å²) in [4.78, 5) is 5.12. The number of fused-ring (bicyclic) bond motifs is 9. The Balaban J connectivity index is 0.658. The van der Waals surface area contributed by atoms with Crippen molar-refractivity contribution in [2.45, 2.75) is 127 Å². The van der Waals surface area contributed by atoms with Crippen molar-refractivity contribution in [2.24, 2.45) is 35.5 Å². The number of hydrogen-bond acceptors (Lipinski definition) is 2. The SMILES string of the molecule is C[C@@H]1CC2C[C@H](C)C[C@H](C1)c1cc(N(c3ccc(-c4ccccc4)cc3)c3ccc(-c4ccc(-c5ccc(N(c6ccc(-c7ccccc7-n7c8ccccc8c8ccccc87)cc6)c6ccc7c(c6)C6(c8ccccc8C7(C)C)C7C[C@H]8CC6C[C@@H](C7)C8)cc5)cc4)cc3-c3ccccc3)ccc1C(C)(C)c1ccccc12. The third-order valence-corrected chi connectivity index (χ3v) is 28.5. The molecule has 14 aromatic carbocycles. The first-order valence-electron chi connectivity index (χ1n) is 42.1. The van der Waals surface area contributed by atoms with Crippen molar-refractivity contribution in [1.82, 2.24) is 4.57 Å². The number of rotatable bonds is 12. The van der Waals surface area contributed by atoms with Crippen LogP contribution in [0.25, 0.3) is 83.1 Å². The van der Waals surface area contributed by atoms with Gasteiger partial charge in [0.25, 0.3) is 0 Å². The first kappa shape index (κ1) is 69.4. The van der Waals surface area contributed by atoms with Gasteiger partial charge in [-0.3, -0.25) is 0 Å². The largest absolute Gasteiger partial charge is 0.310 e. The molecule has 8 aliphatic rings. The van der Waals surface area contributed by atoms with Crippen molar-refractivity contribution in [3.05, 3.63) is 378 Å². The van der Waals surface area contributed by atoms with Crippen molar-refractivity contribution in [2.75, 3.05) is 9.80 Å². The second kappa shape index (κ2) is 27.4. The van der Waals surface area contributed by atoms with E-state index < -0.39 is 0 Å². The van der Waals surface area contributed by atoms with Crippen molar-refractivity contribution >= 4 is 55.9 Å². The van der Waals surface area contributed by atoms with Gasteiger partial charge in [0.05, 0.1) is 22.4 Å². The van der Waals surface area contributed by atoms with E-state index >= 15 is 0 Å². The maximum absolute atomic E-state index is 2.69. The van der Waals surface area contributed by atoms with Crippen LogP contribution in [0, 0.1) is 35.5 Å². The number of nitrogens with zero attached hydrogens (tertiary/aromatic N) is 3. The molecule has 6 bridgehead atoms. The van der Waals surface area contributed by atoms with Gasteiger partial charge in [-0.05, 0) is 285 Å². The number of benzene rings is 14. The van der Waals surface area contributed by atoms with Crippen molar-refractivity contribution < 1.29 is 0 Å². The second-order valence-electron chi connectivity index (χ2n) is 35.8. The Labute approximate surface area is 668 Å². The van der Waals surface area contributed by atoms with Gasteiger partial charge in [-0.2, -0.15) is 0 Å². The fourth-order valence-corrected chi connectivity index (χ4v) is 23.7. The van der Waals surface area contributed by atoms with E-state index in [9.17, 15) is 0 Å². The molecule has 1 unspecified atom stereocenters. The Morgan fingerprint density at radius 3 is 1.27 bits per heavy atom. The monoisotopic (exact) mass is 1460 g/mol. The predicted octanol–water partition coefficient (Wildman–Crippen LogP) is 29.8. The van der Waals surface area contributed by atoms with Crippen LogP contribution in [0.2, 0.25) is 0 Å². The maximum atomic E-state index is 2.69. The zero-order chi connectivity index (χ0) is 75.8. The lowest BCUT2D eigenvalue weighted by atomic mass is 9.39. The lowest BCUT2D eigenvalue weighted by Gasteiger charge is -2.64. The third kappa shape index (κ3) is 11.5. The Hall–Kier alpha value is -11.5. The average Bonchev–Trinajstić information content (AvgIpc) is 0.886. The van der Waals surface area contributed by atoms with Crippen molar-refractivity contribution in [1.29, 1.82) is 0 Å². The first-order valence-corrected chi connectivity index (χ1v) is 42.1. The van der Waals surface area contributed by atoms with Crippen molar-refractivity contribution in [3.63, 3.8) is 0 Å². The molecule has 113 heavy (non-hydrogen) atoms. The molecule has 3 heteroatoms. The minimum atomic E-state index is -0.186. The van der Waals surface area contributed by atoms with Gasteiger partial charge >= 0.3 is 0 Å². The number of aromatic nitrogens is 1. The molecule has 15 aromatic rings. The molecule has 0 radical (unpaired) electrons. The van der Waals surface area contributed by atoms with Crippen LogP contribution in [-0.2, 0) is 16.2 Å². The highest BCUT2D eigenvalue weighted by atomic mass is 15.2. The molecule has 23 rings (SSSR count). The standard InChI is InChI=1S/C110H99N3/c1-71-59-83-60-72(2)62-84(61-71)96-69-90(54-56-99(96)108(3,4)98-31-17-13-27-92(83)98)112(89-50-43-77(44-51-89)75-23-9-7-10-24-75)107-58-47-82(68-97(107)80-25-11-8-12-26-80)79-39-37-76(38-40-79)78-41-48-87(49-42-78)111(88-52-45-81(46-53-88)93-28-14-20-34-104(93)113-105-35-21-15-29-94(105)95-30-16-22-36-106(95)113)91-55-57-101-103(70-91)110(102-33-19-18-32-100(102)109(101,5)6)85-64-73-63-74(66-85)67-86(110)65-73/h7-58,68-74,83-86H,59-67H2,1-6H3/t71-,72+,73-,74+,83?,84+,85?,86?,110?.